The van der Waals surface area contributed by atoms with Crippen molar-refractivity contribution in [3.05, 3.63) is 60.2 Å². The quantitative estimate of drug-likeness (QED) is 0.250. The van der Waals surface area contributed by atoms with Crippen LogP contribution in [0.1, 0.15) is 63.4 Å². The maximum atomic E-state index is 12.5. The summed E-state index contributed by atoms with van der Waals surface area (Å²) < 4.78 is 0. The van der Waals surface area contributed by atoms with Crippen molar-refractivity contribution in [2.75, 3.05) is 5.33 Å². The molecule has 1 aromatic rings. The van der Waals surface area contributed by atoms with Crippen LogP contribution in [0, 0.1) is 5.41 Å². The van der Waals surface area contributed by atoms with Gasteiger partial charge in [-0.3, -0.25) is 4.79 Å². The first-order valence-corrected chi connectivity index (χ1v) is 10.4. The van der Waals surface area contributed by atoms with Gasteiger partial charge in [-0.2, -0.15) is 0 Å². The van der Waals surface area contributed by atoms with E-state index in [0.29, 0.717) is 5.33 Å². The van der Waals surface area contributed by atoms with Crippen molar-refractivity contribution in [2.45, 2.75) is 57.8 Å². The summed E-state index contributed by atoms with van der Waals surface area (Å²) in [6.45, 7) is 2.24. The maximum absolute atomic E-state index is 12.5. The van der Waals surface area contributed by atoms with Gasteiger partial charge in [0.05, 0.1) is 10.7 Å². The number of carbonyl (C=O) groups is 1. The molecule has 0 radical (unpaired) electrons. The van der Waals surface area contributed by atoms with Crippen LogP contribution in [0.2, 0.25) is 0 Å². The molecule has 0 saturated carbocycles. The Bertz CT molecular complexity index is 545. The molecule has 2 rings (SSSR count). The zero-order chi connectivity index (χ0) is 17.3. The van der Waals surface area contributed by atoms with Crippen LogP contribution in [0.3, 0.4) is 0 Å². The van der Waals surface area contributed by atoms with Gasteiger partial charge >= 0.3 is 0 Å². The number of Topliss-reactive ketones (excluding diaryl/α,β-unsaturated/α-hetero) is 1. The second-order valence-corrected chi connectivity index (χ2v) is 7.33. The minimum Gasteiger partial charge on any atom is -0.297 e. The molecule has 130 valence electrons. The predicted octanol–water partition coefficient (Wildman–Crippen LogP) is 6.60. The van der Waals surface area contributed by atoms with E-state index < -0.39 is 5.41 Å². The van der Waals surface area contributed by atoms with E-state index in [1.807, 2.05) is 6.07 Å². The standard InChI is InChI=1S/C22H29BrO/c1-2-3-4-5-6-10-15-22(21(24)18-23)16-13-20(14-17-22)19-11-8-7-9-12-19/h7-9,11-14,16-17,20H,2-6,10,15,18H2,1H3. The van der Waals surface area contributed by atoms with Crippen molar-refractivity contribution in [3.8, 4) is 0 Å². The number of allylic oxidation sites excluding steroid dienone is 4. The first kappa shape index (κ1) is 19.2. The fraction of sp³-hybridized carbons (Fsp3) is 0.500. The second kappa shape index (κ2) is 9.98. The van der Waals surface area contributed by atoms with Gasteiger partial charge in [-0.1, -0.05) is 116 Å². The van der Waals surface area contributed by atoms with E-state index in [1.165, 1.54) is 37.7 Å². The smallest absolute Gasteiger partial charge is 0.157 e. The number of ketones is 1. The number of halogens is 1. The first-order valence-electron chi connectivity index (χ1n) is 9.25. The molecule has 0 saturated heterocycles. The predicted molar refractivity (Wildman–Crippen MR) is 107 cm³/mol. The van der Waals surface area contributed by atoms with E-state index in [-0.39, 0.29) is 11.7 Å². The Balaban J connectivity index is 1.97. The summed E-state index contributed by atoms with van der Waals surface area (Å²) in [5.74, 6) is 0.557. The molecule has 2 heteroatoms. The minimum atomic E-state index is -0.403. The molecule has 0 bridgehead atoms. The third kappa shape index (κ3) is 5.17. The van der Waals surface area contributed by atoms with E-state index >= 15 is 0 Å². The molecule has 0 aromatic heterocycles. The van der Waals surface area contributed by atoms with E-state index in [2.05, 4.69) is 71.4 Å². The highest BCUT2D eigenvalue weighted by molar-refractivity contribution is 9.09. The number of unbranched alkanes of at least 4 members (excludes halogenated alkanes) is 5. The summed E-state index contributed by atoms with van der Waals surface area (Å²) in [7, 11) is 0. The topological polar surface area (TPSA) is 17.1 Å². The molecule has 1 aromatic carbocycles. The van der Waals surface area contributed by atoms with E-state index in [0.717, 1.165) is 12.8 Å². The monoisotopic (exact) mass is 388 g/mol. The number of benzene rings is 1. The van der Waals surface area contributed by atoms with Gasteiger partial charge in [-0.25, -0.2) is 0 Å². The maximum Gasteiger partial charge on any atom is 0.157 e. The fourth-order valence-corrected chi connectivity index (χ4v) is 3.90. The highest BCUT2D eigenvalue weighted by atomic mass is 79.9. The van der Waals surface area contributed by atoms with Gasteiger partial charge < -0.3 is 0 Å². The van der Waals surface area contributed by atoms with Crippen molar-refractivity contribution in [1.82, 2.24) is 0 Å². The van der Waals surface area contributed by atoms with Crippen LogP contribution in [0.4, 0.5) is 0 Å². The van der Waals surface area contributed by atoms with Crippen LogP contribution in [0.15, 0.2) is 54.6 Å². The summed E-state index contributed by atoms with van der Waals surface area (Å²) in [6.07, 6.45) is 17.2. The Morgan fingerprint density at radius 3 is 2.25 bits per heavy atom. The normalized spacial score (nSPS) is 22.7. The lowest BCUT2D eigenvalue weighted by Gasteiger charge is -2.29. The van der Waals surface area contributed by atoms with E-state index in [9.17, 15) is 4.79 Å². The Labute approximate surface area is 155 Å². The molecule has 0 N–H and O–H groups in total. The molecule has 0 aliphatic heterocycles. The molecular formula is C22H29BrO. The van der Waals surface area contributed by atoms with E-state index in [1.54, 1.807) is 0 Å². The molecular weight excluding hydrogens is 360 g/mol. The fourth-order valence-electron chi connectivity index (χ4n) is 3.38. The van der Waals surface area contributed by atoms with Crippen LogP contribution >= 0.6 is 15.9 Å². The molecule has 1 nitrogen and oxygen atoms in total. The lowest BCUT2D eigenvalue weighted by Crippen LogP contribution is -2.30. The number of hydrogen-bond acceptors (Lipinski definition) is 1. The highest BCUT2D eigenvalue weighted by Gasteiger charge is 2.33. The van der Waals surface area contributed by atoms with Gasteiger partial charge in [0, 0.05) is 5.92 Å². The number of alkyl halides is 1. The zero-order valence-electron chi connectivity index (χ0n) is 14.7. The summed E-state index contributed by atoms with van der Waals surface area (Å²) >= 11 is 3.37. The van der Waals surface area contributed by atoms with Gasteiger partial charge in [-0.15, -0.1) is 0 Å². The Morgan fingerprint density at radius 2 is 1.62 bits per heavy atom. The molecule has 0 heterocycles. The van der Waals surface area contributed by atoms with Crippen LogP contribution in [-0.2, 0) is 4.79 Å². The third-order valence-corrected chi connectivity index (χ3v) is 5.48. The molecule has 1 aliphatic rings. The number of hydrogen-bond donors (Lipinski definition) is 0. The number of carbonyl (C=O) groups excluding carboxylic acids is 1. The molecule has 0 spiro atoms. The third-order valence-electron chi connectivity index (χ3n) is 4.97. The molecule has 24 heavy (non-hydrogen) atoms. The van der Waals surface area contributed by atoms with E-state index in [4.69, 9.17) is 0 Å². The Morgan fingerprint density at radius 1 is 1.00 bits per heavy atom. The van der Waals surface area contributed by atoms with Crippen molar-refractivity contribution >= 4 is 21.7 Å². The minimum absolute atomic E-state index is 0.273. The van der Waals surface area contributed by atoms with Crippen LogP contribution in [-0.4, -0.2) is 11.1 Å². The van der Waals surface area contributed by atoms with Gasteiger partial charge in [-0.05, 0) is 12.0 Å². The van der Waals surface area contributed by atoms with Crippen molar-refractivity contribution < 1.29 is 4.79 Å². The molecule has 0 fully saturated rings. The molecule has 1 aliphatic carbocycles. The second-order valence-electron chi connectivity index (χ2n) is 6.77. The van der Waals surface area contributed by atoms with Crippen molar-refractivity contribution in [3.63, 3.8) is 0 Å². The summed E-state index contributed by atoms with van der Waals surface area (Å²) in [5, 5.41) is 0.424. The summed E-state index contributed by atoms with van der Waals surface area (Å²) in [6, 6.07) is 10.5. The lowest BCUT2D eigenvalue weighted by molar-refractivity contribution is -0.122. The van der Waals surface area contributed by atoms with Crippen LogP contribution < -0.4 is 0 Å². The summed E-state index contributed by atoms with van der Waals surface area (Å²) in [4.78, 5) is 12.5. The first-order chi connectivity index (χ1) is 11.7. The lowest BCUT2D eigenvalue weighted by atomic mass is 9.74. The van der Waals surface area contributed by atoms with Gasteiger partial charge in [0.2, 0.25) is 0 Å². The van der Waals surface area contributed by atoms with Gasteiger partial charge in [0.25, 0.3) is 0 Å². The SMILES string of the molecule is CCCCCCCCC1(C(=O)CBr)C=CC(c2ccccc2)C=C1. The van der Waals surface area contributed by atoms with Gasteiger partial charge in [0.1, 0.15) is 0 Å². The average molecular weight is 389 g/mol. The highest BCUT2D eigenvalue weighted by Crippen LogP contribution is 2.37. The largest absolute Gasteiger partial charge is 0.297 e. The molecule has 0 unspecified atom stereocenters. The summed E-state index contributed by atoms with van der Waals surface area (Å²) in [5.41, 5.74) is 0.879. The molecule has 0 amide bonds. The zero-order valence-corrected chi connectivity index (χ0v) is 16.3. The van der Waals surface area contributed by atoms with Crippen LogP contribution in [0.5, 0.6) is 0 Å². The Kier molecular flexibility index (Phi) is 7.98. The Hall–Kier alpha value is -1.15. The van der Waals surface area contributed by atoms with Gasteiger partial charge in [0.15, 0.2) is 5.78 Å². The van der Waals surface area contributed by atoms with Crippen LogP contribution in [0.25, 0.3) is 0 Å². The van der Waals surface area contributed by atoms with Crippen molar-refractivity contribution in [2.24, 2.45) is 5.41 Å². The van der Waals surface area contributed by atoms with Crippen molar-refractivity contribution in [1.29, 1.82) is 0 Å². The molecule has 0 atom stereocenters. The number of rotatable bonds is 10. The average Bonchev–Trinajstić information content (AvgIpc) is 2.65.